The number of imide groups is 1. The molecule has 1 heterocycles. The third-order valence-electron chi connectivity index (χ3n) is 2.96. The number of amides is 2. The second-order valence-corrected chi connectivity index (χ2v) is 7.25. The van der Waals surface area contributed by atoms with Crippen molar-refractivity contribution in [3.05, 3.63) is 34.4 Å². The van der Waals surface area contributed by atoms with Gasteiger partial charge in [-0.25, -0.2) is 10.1 Å². The Morgan fingerprint density at radius 3 is 2.58 bits per heavy atom. The minimum Gasteiger partial charge on any atom is -0.413 e. The molecule has 2 amide bonds. The van der Waals surface area contributed by atoms with Crippen molar-refractivity contribution >= 4 is 36.3 Å². The number of nitro benzene ring substituents is 1. The Morgan fingerprint density at radius 1 is 1.46 bits per heavy atom. The van der Waals surface area contributed by atoms with Crippen LogP contribution in [0.4, 0.5) is 10.5 Å². The zero-order valence-electron chi connectivity index (χ0n) is 12.5. The smallest absolute Gasteiger partial charge is 0.413 e. The molecule has 10 nitrogen and oxygen atoms in total. The van der Waals surface area contributed by atoms with E-state index in [1.807, 2.05) is 0 Å². The number of rotatable bonds is 6. The van der Waals surface area contributed by atoms with Gasteiger partial charge in [-0.2, -0.15) is 0 Å². The molecule has 1 saturated heterocycles. The van der Waals surface area contributed by atoms with Crippen LogP contribution in [0.15, 0.2) is 24.3 Å². The van der Waals surface area contributed by atoms with E-state index in [1.54, 1.807) is 0 Å². The summed E-state index contributed by atoms with van der Waals surface area (Å²) in [6.45, 7) is 1.55. The molecular weight excluding hydrogens is 361 g/mol. The third kappa shape index (κ3) is 4.54. The Balaban J connectivity index is 1.99. The van der Waals surface area contributed by atoms with E-state index in [-0.39, 0.29) is 18.0 Å². The highest BCUT2D eigenvalue weighted by Crippen LogP contribution is 2.42. The molecule has 1 aliphatic rings. The third-order valence-corrected chi connectivity index (χ3v) is 4.89. The van der Waals surface area contributed by atoms with Crippen LogP contribution in [0.1, 0.15) is 6.92 Å². The predicted octanol–water partition coefficient (Wildman–Crippen LogP) is 2.14. The Morgan fingerprint density at radius 2 is 2.08 bits per heavy atom. The van der Waals surface area contributed by atoms with E-state index in [2.05, 4.69) is 0 Å². The largest absolute Gasteiger partial charge is 0.456 e. The van der Waals surface area contributed by atoms with Crippen molar-refractivity contribution in [2.45, 2.75) is 13.0 Å². The number of nitrogens with zero attached hydrogens (tertiary/aromatic N) is 2. The number of benzene rings is 1. The molecule has 1 fully saturated rings. The van der Waals surface area contributed by atoms with Gasteiger partial charge in [-0.1, -0.05) is 11.8 Å². The summed E-state index contributed by atoms with van der Waals surface area (Å²) in [5, 5.41) is 10.2. The number of nitro groups is 1. The minimum atomic E-state index is -4.16. The fourth-order valence-corrected chi connectivity index (χ4v) is 3.65. The molecule has 0 bridgehead atoms. The first-order valence-corrected chi connectivity index (χ1v) is 9.28. The first kappa shape index (κ1) is 18.4. The topological polar surface area (TPSA) is 142 Å². The van der Waals surface area contributed by atoms with Gasteiger partial charge in [0.15, 0.2) is 0 Å². The standard InChI is InChI=1S/C12H14N3O7PS/c1-8(11(16)14-6-7-24-12(14)17)21-23(13,20)22-10-4-2-9(3-5-10)15(18)19/h2-5,8H,6-7H2,1H3,(H2,13,20). The van der Waals surface area contributed by atoms with Crippen molar-refractivity contribution in [2.24, 2.45) is 5.50 Å². The number of hydrogen-bond donors (Lipinski definition) is 1. The van der Waals surface area contributed by atoms with E-state index in [0.717, 1.165) is 28.8 Å². The van der Waals surface area contributed by atoms with Crippen LogP contribution in [0.2, 0.25) is 0 Å². The first-order valence-electron chi connectivity index (χ1n) is 6.69. The van der Waals surface area contributed by atoms with Gasteiger partial charge >= 0.3 is 7.75 Å². The van der Waals surface area contributed by atoms with Gasteiger partial charge in [0.1, 0.15) is 11.9 Å². The van der Waals surface area contributed by atoms with Gasteiger partial charge in [0.25, 0.3) is 16.8 Å². The summed E-state index contributed by atoms with van der Waals surface area (Å²) in [5.41, 5.74) is 5.26. The van der Waals surface area contributed by atoms with Crippen LogP contribution in [0, 0.1) is 10.1 Å². The Bertz CT molecular complexity index is 711. The molecule has 0 radical (unpaired) electrons. The number of hydrogen-bond acceptors (Lipinski definition) is 8. The van der Waals surface area contributed by atoms with Gasteiger partial charge in [-0.15, -0.1) is 0 Å². The second-order valence-electron chi connectivity index (χ2n) is 4.73. The highest BCUT2D eigenvalue weighted by molar-refractivity contribution is 8.13. The van der Waals surface area contributed by atoms with Crippen LogP contribution in [0.25, 0.3) is 0 Å². The molecule has 2 rings (SSSR count). The van der Waals surface area contributed by atoms with Crippen LogP contribution in [-0.4, -0.2) is 39.4 Å². The predicted molar refractivity (Wildman–Crippen MR) is 85.6 cm³/mol. The molecule has 1 aromatic carbocycles. The molecule has 0 saturated carbocycles. The molecule has 2 atom stereocenters. The van der Waals surface area contributed by atoms with Gasteiger partial charge in [-0.05, 0) is 19.1 Å². The van der Waals surface area contributed by atoms with Crippen molar-refractivity contribution in [3.8, 4) is 5.75 Å². The lowest BCUT2D eigenvalue weighted by atomic mass is 10.3. The molecule has 130 valence electrons. The maximum atomic E-state index is 12.2. The van der Waals surface area contributed by atoms with E-state index in [9.17, 15) is 24.3 Å². The van der Waals surface area contributed by atoms with Crippen LogP contribution in [0.3, 0.4) is 0 Å². The molecule has 2 unspecified atom stereocenters. The summed E-state index contributed by atoms with van der Waals surface area (Å²) >= 11 is 0.999. The van der Waals surface area contributed by atoms with Crippen molar-refractivity contribution < 1.29 is 28.1 Å². The highest BCUT2D eigenvalue weighted by Gasteiger charge is 2.35. The van der Waals surface area contributed by atoms with Crippen molar-refractivity contribution in [1.82, 2.24) is 4.90 Å². The first-order chi connectivity index (χ1) is 11.2. The van der Waals surface area contributed by atoms with Crippen molar-refractivity contribution in [2.75, 3.05) is 12.3 Å². The normalized spacial score (nSPS) is 18.1. The zero-order valence-corrected chi connectivity index (χ0v) is 14.2. The Kier molecular flexibility index (Phi) is 5.60. The van der Waals surface area contributed by atoms with Gasteiger partial charge in [0.2, 0.25) is 0 Å². The van der Waals surface area contributed by atoms with E-state index >= 15 is 0 Å². The van der Waals surface area contributed by atoms with Gasteiger partial charge in [-0.3, -0.25) is 29.1 Å². The number of nitrogens with two attached hydrogens (primary N) is 1. The summed E-state index contributed by atoms with van der Waals surface area (Å²) in [6.07, 6.45) is -1.25. The zero-order chi connectivity index (χ0) is 17.9. The lowest BCUT2D eigenvalue weighted by Crippen LogP contribution is -2.39. The maximum Gasteiger partial charge on any atom is 0.456 e. The van der Waals surface area contributed by atoms with E-state index < -0.39 is 29.9 Å². The molecule has 0 aromatic heterocycles. The molecule has 12 heteroatoms. The molecule has 0 aliphatic carbocycles. The molecular formula is C12H14N3O7PS. The number of carbonyl (C=O) groups excluding carboxylic acids is 2. The summed E-state index contributed by atoms with van der Waals surface area (Å²) in [5.74, 6) is -0.196. The summed E-state index contributed by atoms with van der Waals surface area (Å²) in [4.78, 5) is 34.5. The van der Waals surface area contributed by atoms with Crippen LogP contribution in [-0.2, 0) is 13.9 Å². The second kappa shape index (κ2) is 7.31. The SMILES string of the molecule is CC(OP(N)(=O)Oc1ccc([N+](=O)[O-])cc1)C(=O)N1CCSC1=O. The lowest BCUT2D eigenvalue weighted by Gasteiger charge is -2.21. The average molecular weight is 375 g/mol. The molecule has 1 aliphatic heterocycles. The Hall–Kier alpha value is -1.94. The van der Waals surface area contributed by atoms with E-state index in [4.69, 9.17) is 14.6 Å². The Labute approximate surface area is 141 Å². The van der Waals surface area contributed by atoms with Crippen molar-refractivity contribution in [3.63, 3.8) is 0 Å². The molecule has 0 spiro atoms. The average Bonchev–Trinajstić information content (AvgIpc) is 2.92. The molecule has 1 aromatic rings. The summed E-state index contributed by atoms with van der Waals surface area (Å²) < 4.78 is 22.1. The van der Waals surface area contributed by atoms with E-state index in [1.165, 1.54) is 19.1 Å². The van der Waals surface area contributed by atoms with Crippen LogP contribution in [0.5, 0.6) is 5.75 Å². The van der Waals surface area contributed by atoms with Gasteiger partial charge in [0, 0.05) is 24.4 Å². The van der Waals surface area contributed by atoms with Crippen LogP contribution >= 0.6 is 19.5 Å². The monoisotopic (exact) mass is 375 g/mol. The summed E-state index contributed by atoms with van der Waals surface area (Å²) in [6, 6.07) is 4.69. The van der Waals surface area contributed by atoms with Crippen LogP contribution < -0.4 is 10.0 Å². The van der Waals surface area contributed by atoms with Crippen molar-refractivity contribution in [1.29, 1.82) is 0 Å². The fourth-order valence-electron chi connectivity index (χ4n) is 1.88. The van der Waals surface area contributed by atoms with Gasteiger partial charge in [0.05, 0.1) is 4.92 Å². The van der Waals surface area contributed by atoms with Gasteiger partial charge < -0.3 is 4.52 Å². The quantitative estimate of drug-likeness (QED) is 0.449. The number of carbonyl (C=O) groups is 2. The van der Waals surface area contributed by atoms with E-state index in [0.29, 0.717) is 5.75 Å². The fraction of sp³-hybridized carbons (Fsp3) is 0.333. The lowest BCUT2D eigenvalue weighted by molar-refractivity contribution is -0.384. The number of non-ortho nitro benzene ring substituents is 1. The molecule has 2 N–H and O–H groups in total. The summed E-state index contributed by atoms with van der Waals surface area (Å²) in [7, 11) is -4.16. The number of thioether (sulfide) groups is 1. The highest BCUT2D eigenvalue weighted by atomic mass is 32.2. The molecule has 24 heavy (non-hydrogen) atoms. The maximum absolute atomic E-state index is 12.2. The minimum absolute atomic E-state index is 0.0149.